The smallest absolute Gasteiger partial charge is 0.361 e. The van der Waals surface area contributed by atoms with E-state index >= 15 is 0 Å². The van der Waals surface area contributed by atoms with Gasteiger partial charge in [0.25, 0.3) is 5.95 Å². The van der Waals surface area contributed by atoms with Gasteiger partial charge in [-0.3, -0.25) is 0 Å². The summed E-state index contributed by atoms with van der Waals surface area (Å²) in [5, 5.41) is 4.03. The van der Waals surface area contributed by atoms with Crippen LogP contribution in [0.2, 0.25) is 0 Å². The molecule has 0 fully saturated rings. The van der Waals surface area contributed by atoms with Crippen molar-refractivity contribution in [2.75, 3.05) is 12.3 Å². The molecule has 18 heavy (non-hydrogen) atoms. The Morgan fingerprint density at radius 2 is 2.33 bits per heavy atom. The number of esters is 1. The lowest BCUT2D eigenvalue weighted by molar-refractivity contribution is 0.0520. The topological polar surface area (TPSA) is 95.9 Å². The van der Waals surface area contributed by atoms with E-state index in [1.165, 1.54) is 10.9 Å². The molecule has 0 aliphatic heterocycles. The number of nitrogen functional groups attached to an aromatic ring is 1. The fraction of sp³-hybridized carbons (Fsp3) is 0.273. The van der Waals surface area contributed by atoms with Crippen LogP contribution in [0.4, 0.5) is 5.69 Å². The average Bonchev–Trinajstić information content (AvgIpc) is 2.72. The first-order valence-electron chi connectivity index (χ1n) is 5.44. The molecular formula is C11H13N5O2. The molecule has 2 heterocycles. The summed E-state index contributed by atoms with van der Waals surface area (Å²) in [7, 11) is 0. The van der Waals surface area contributed by atoms with E-state index in [-0.39, 0.29) is 18.0 Å². The van der Waals surface area contributed by atoms with Crippen LogP contribution in [-0.4, -0.2) is 32.3 Å². The van der Waals surface area contributed by atoms with Crippen molar-refractivity contribution >= 4 is 11.7 Å². The zero-order valence-electron chi connectivity index (χ0n) is 10.1. The summed E-state index contributed by atoms with van der Waals surface area (Å²) in [6, 6.07) is 1.77. The van der Waals surface area contributed by atoms with Crippen LogP contribution in [0.1, 0.15) is 23.1 Å². The van der Waals surface area contributed by atoms with Crippen LogP contribution in [0.3, 0.4) is 0 Å². The summed E-state index contributed by atoms with van der Waals surface area (Å²) in [6.07, 6.45) is 3.10. The number of carbonyl (C=O) groups is 1. The van der Waals surface area contributed by atoms with Crippen molar-refractivity contribution < 1.29 is 9.53 Å². The standard InChI is InChI=1S/C11H13N5O2/c1-3-18-10(17)9-8(12)6-16(15-9)11-13-5-4-7(2)14-11/h4-6H,3,12H2,1-2H3. The molecular weight excluding hydrogens is 234 g/mol. The van der Waals surface area contributed by atoms with Crippen LogP contribution >= 0.6 is 0 Å². The van der Waals surface area contributed by atoms with Crippen LogP contribution in [0.5, 0.6) is 0 Å². The van der Waals surface area contributed by atoms with E-state index in [4.69, 9.17) is 10.5 Å². The second-order valence-electron chi connectivity index (χ2n) is 3.60. The molecule has 2 rings (SSSR count). The molecule has 0 atom stereocenters. The van der Waals surface area contributed by atoms with Crippen molar-refractivity contribution in [3.63, 3.8) is 0 Å². The van der Waals surface area contributed by atoms with E-state index in [1.54, 1.807) is 19.2 Å². The molecule has 0 amide bonds. The molecule has 0 saturated heterocycles. The molecule has 2 N–H and O–H groups in total. The van der Waals surface area contributed by atoms with E-state index in [0.717, 1.165) is 5.69 Å². The molecule has 7 nitrogen and oxygen atoms in total. The van der Waals surface area contributed by atoms with Crippen molar-refractivity contribution in [3.05, 3.63) is 29.8 Å². The van der Waals surface area contributed by atoms with Gasteiger partial charge in [0, 0.05) is 11.9 Å². The third-order valence-electron chi connectivity index (χ3n) is 2.20. The minimum Gasteiger partial charge on any atom is -0.461 e. The van der Waals surface area contributed by atoms with Crippen molar-refractivity contribution in [1.29, 1.82) is 0 Å². The number of hydrogen-bond donors (Lipinski definition) is 1. The number of hydrogen-bond acceptors (Lipinski definition) is 6. The van der Waals surface area contributed by atoms with Crippen molar-refractivity contribution in [1.82, 2.24) is 19.7 Å². The van der Waals surface area contributed by atoms with E-state index in [1.807, 2.05) is 6.92 Å². The summed E-state index contributed by atoms with van der Waals surface area (Å²) in [5.74, 6) is -0.196. The number of rotatable bonds is 3. The van der Waals surface area contributed by atoms with E-state index in [0.29, 0.717) is 5.95 Å². The predicted molar refractivity (Wildman–Crippen MR) is 64.3 cm³/mol. The summed E-state index contributed by atoms with van der Waals surface area (Å²) < 4.78 is 6.20. The molecule has 0 aromatic carbocycles. The Morgan fingerprint density at radius 1 is 1.56 bits per heavy atom. The maximum absolute atomic E-state index is 11.6. The van der Waals surface area contributed by atoms with Gasteiger partial charge >= 0.3 is 5.97 Å². The zero-order chi connectivity index (χ0) is 13.1. The summed E-state index contributed by atoms with van der Waals surface area (Å²) in [5.41, 5.74) is 6.81. The molecule has 0 aliphatic rings. The zero-order valence-corrected chi connectivity index (χ0v) is 10.1. The largest absolute Gasteiger partial charge is 0.461 e. The molecule has 94 valence electrons. The predicted octanol–water partition coefficient (Wildman–Crippen LogP) is 0.730. The van der Waals surface area contributed by atoms with E-state index in [2.05, 4.69) is 15.1 Å². The molecule has 7 heteroatoms. The molecule has 0 spiro atoms. The number of aryl methyl sites for hydroxylation is 1. The molecule has 0 bridgehead atoms. The van der Waals surface area contributed by atoms with E-state index < -0.39 is 5.97 Å². The fourth-order valence-corrected chi connectivity index (χ4v) is 1.39. The number of nitrogens with zero attached hydrogens (tertiary/aromatic N) is 4. The van der Waals surface area contributed by atoms with Crippen molar-refractivity contribution in [2.45, 2.75) is 13.8 Å². The molecule has 0 radical (unpaired) electrons. The van der Waals surface area contributed by atoms with Crippen LogP contribution in [0.25, 0.3) is 5.95 Å². The van der Waals surface area contributed by atoms with Crippen molar-refractivity contribution in [3.8, 4) is 5.95 Å². The van der Waals surface area contributed by atoms with Gasteiger partial charge in [-0.25, -0.2) is 19.4 Å². The summed E-state index contributed by atoms with van der Waals surface area (Å²) >= 11 is 0. The first-order valence-corrected chi connectivity index (χ1v) is 5.44. The Bertz CT molecular complexity index is 579. The van der Waals surface area contributed by atoms with E-state index in [9.17, 15) is 4.79 Å². The highest BCUT2D eigenvalue weighted by atomic mass is 16.5. The quantitative estimate of drug-likeness (QED) is 0.803. The normalized spacial score (nSPS) is 10.3. The number of anilines is 1. The Hall–Kier alpha value is -2.44. The molecule has 0 unspecified atom stereocenters. The number of ether oxygens (including phenoxy) is 1. The molecule has 2 aromatic rings. The van der Waals surface area contributed by atoms with Gasteiger partial charge in [-0.05, 0) is 19.9 Å². The van der Waals surface area contributed by atoms with Gasteiger partial charge in [0.2, 0.25) is 0 Å². The lowest BCUT2D eigenvalue weighted by atomic mass is 10.4. The van der Waals surface area contributed by atoms with Crippen LogP contribution < -0.4 is 5.73 Å². The van der Waals surface area contributed by atoms with Gasteiger partial charge in [0.1, 0.15) is 0 Å². The highest BCUT2D eigenvalue weighted by Gasteiger charge is 2.17. The number of carbonyl (C=O) groups excluding carboxylic acids is 1. The van der Waals surface area contributed by atoms with Crippen molar-refractivity contribution in [2.24, 2.45) is 0 Å². The summed E-state index contributed by atoms with van der Waals surface area (Å²) in [4.78, 5) is 19.8. The number of nitrogens with two attached hydrogens (primary N) is 1. The lowest BCUT2D eigenvalue weighted by Crippen LogP contribution is -2.09. The fourth-order valence-electron chi connectivity index (χ4n) is 1.39. The average molecular weight is 247 g/mol. The van der Waals surface area contributed by atoms with Gasteiger partial charge in [0.15, 0.2) is 5.69 Å². The Kier molecular flexibility index (Phi) is 3.22. The van der Waals surface area contributed by atoms with Gasteiger partial charge in [-0.2, -0.15) is 5.10 Å². The van der Waals surface area contributed by atoms with Crippen LogP contribution in [0.15, 0.2) is 18.5 Å². The molecule has 0 saturated carbocycles. The monoisotopic (exact) mass is 247 g/mol. The maximum atomic E-state index is 11.6. The highest BCUT2D eigenvalue weighted by Crippen LogP contribution is 2.13. The second-order valence-corrected chi connectivity index (χ2v) is 3.60. The van der Waals surface area contributed by atoms with Gasteiger partial charge in [-0.15, -0.1) is 0 Å². The van der Waals surface area contributed by atoms with Gasteiger partial charge < -0.3 is 10.5 Å². The van der Waals surface area contributed by atoms with Crippen LogP contribution in [-0.2, 0) is 4.74 Å². The SMILES string of the molecule is CCOC(=O)c1nn(-c2nccc(C)n2)cc1N. The number of aromatic nitrogens is 4. The van der Waals surface area contributed by atoms with Gasteiger partial charge in [0.05, 0.1) is 18.5 Å². The third kappa shape index (κ3) is 2.29. The molecule has 2 aromatic heterocycles. The maximum Gasteiger partial charge on any atom is 0.361 e. The third-order valence-corrected chi connectivity index (χ3v) is 2.20. The Labute approximate surface area is 104 Å². The Morgan fingerprint density at radius 3 is 3.00 bits per heavy atom. The second kappa shape index (κ2) is 4.82. The lowest BCUT2D eigenvalue weighted by Gasteiger charge is -1.99. The van der Waals surface area contributed by atoms with Gasteiger partial charge in [-0.1, -0.05) is 0 Å². The summed E-state index contributed by atoms with van der Waals surface area (Å²) in [6.45, 7) is 3.82. The highest BCUT2D eigenvalue weighted by molar-refractivity contribution is 5.92. The first kappa shape index (κ1) is 12.0. The van der Waals surface area contributed by atoms with Crippen LogP contribution in [0, 0.1) is 6.92 Å². The Balaban J connectivity index is 2.37. The first-order chi connectivity index (χ1) is 8.61. The minimum atomic E-state index is -0.554. The minimum absolute atomic E-state index is 0.0713. The molecule has 0 aliphatic carbocycles.